The first kappa shape index (κ1) is 29.1. The van der Waals surface area contributed by atoms with Crippen molar-refractivity contribution in [3.05, 3.63) is 192 Å². The minimum absolute atomic E-state index is 0.134. The van der Waals surface area contributed by atoms with Crippen molar-refractivity contribution in [1.82, 2.24) is 4.57 Å². The third kappa shape index (κ3) is 4.83. The van der Waals surface area contributed by atoms with Crippen LogP contribution in [0, 0.1) is 11.6 Å². The zero-order valence-electron chi connectivity index (χ0n) is 31.2. The van der Waals surface area contributed by atoms with Crippen LogP contribution in [0.2, 0.25) is 0 Å². The molecule has 9 aromatic rings. The zero-order valence-corrected chi connectivity index (χ0v) is 29.2. The first-order valence-electron chi connectivity index (χ1n) is 18.8. The molecule has 8 aromatic carbocycles. The van der Waals surface area contributed by atoms with Crippen molar-refractivity contribution in [3.8, 4) is 16.8 Å². The van der Waals surface area contributed by atoms with Crippen molar-refractivity contribution in [3.63, 3.8) is 0 Å². The van der Waals surface area contributed by atoms with E-state index < -0.39 is 17.0 Å². The number of hydrogen-bond acceptors (Lipinski definition) is 1. The van der Waals surface area contributed by atoms with Crippen LogP contribution in [0.5, 0.6) is 0 Å². The van der Waals surface area contributed by atoms with Crippen LogP contribution >= 0.6 is 0 Å². The molecule has 0 unspecified atom stereocenters. The number of nitrogens with zero attached hydrogens (tertiary/aromatic N) is 2. The van der Waals surface area contributed by atoms with Gasteiger partial charge in [0.15, 0.2) is 0 Å². The number of halogens is 2. The SMILES string of the molecule is [2H]/C(=C(/[2H])c1cc2ccc3cccc4c3c2c(c1)n4-c1ccccc1)c1ccc2c(c1)C(C)(C)c1cc(N(c3ccccc3F)c3ccccc3F)ccc1-2. The maximum atomic E-state index is 15.4. The van der Waals surface area contributed by atoms with Gasteiger partial charge in [-0.2, -0.15) is 0 Å². The minimum atomic E-state index is -0.502. The van der Waals surface area contributed by atoms with Gasteiger partial charge in [-0.15, -0.1) is 0 Å². The molecule has 2 nitrogen and oxygen atoms in total. The largest absolute Gasteiger partial charge is 0.309 e. The summed E-state index contributed by atoms with van der Waals surface area (Å²) in [5.74, 6) is -0.907. The van der Waals surface area contributed by atoms with Crippen LogP contribution in [-0.4, -0.2) is 4.57 Å². The molecule has 4 heteroatoms. The molecule has 0 aliphatic heterocycles. The molecule has 1 heterocycles. The number of para-hydroxylation sites is 3. The van der Waals surface area contributed by atoms with Crippen LogP contribution in [0.15, 0.2) is 158 Å². The summed E-state index contributed by atoms with van der Waals surface area (Å²) in [5.41, 5.74) is 9.24. The van der Waals surface area contributed by atoms with Gasteiger partial charge in [-0.1, -0.05) is 117 Å². The first-order chi connectivity index (χ1) is 26.7. The van der Waals surface area contributed by atoms with Gasteiger partial charge in [-0.05, 0) is 111 Å². The van der Waals surface area contributed by atoms with E-state index >= 15 is 8.78 Å². The molecule has 0 saturated carbocycles. The highest BCUT2D eigenvalue weighted by Crippen LogP contribution is 2.51. The quantitative estimate of drug-likeness (QED) is 0.125. The van der Waals surface area contributed by atoms with Crippen molar-refractivity contribution in [2.24, 2.45) is 0 Å². The molecule has 0 N–H and O–H groups in total. The number of benzene rings is 8. The smallest absolute Gasteiger partial charge is 0.147 e. The molecule has 0 radical (unpaired) electrons. The summed E-state index contributed by atoms with van der Waals surface area (Å²) in [4.78, 5) is 1.63. The van der Waals surface area contributed by atoms with E-state index in [1.165, 1.54) is 22.9 Å². The lowest BCUT2D eigenvalue weighted by atomic mass is 9.81. The Kier molecular flexibility index (Phi) is 6.46. The Balaban J connectivity index is 1.08. The number of rotatable bonds is 6. The predicted molar refractivity (Wildman–Crippen MR) is 217 cm³/mol. The second kappa shape index (κ2) is 11.8. The van der Waals surface area contributed by atoms with E-state index in [1.54, 1.807) is 41.3 Å². The first-order valence-corrected chi connectivity index (χ1v) is 17.8. The summed E-state index contributed by atoms with van der Waals surface area (Å²) < 4.78 is 51.8. The molecule has 53 heavy (non-hydrogen) atoms. The molecular weight excluding hydrogens is 655 g/mol. The van der Waals surface area contributed by atoms with E-state index in [4.69, 9.17) is 0 Å². The Morgan fingerprint density at radius 3 is 1.91 bits per heavy atom. The van der Waals surface area contributed by atoms with Crippen molar-refractivity contribution >= 4 is 61.7 Å². The molecule has 10 rings (SSSR count). The summed E-state index contributed by atoms with van der Waals surface area (Å²) in [6, 6.07) is 50.0. The second-order valence-corrected chi connectivity index (χ2v) is 14.3. The Morgan fingerprint density at radius 1 is 0.547 bits per heavy atom. The lowest BCUT2D eigenvalue weighted by Gasteiger charge is -2.28. The molecule has 0 fully saturated rings. The van der Waals surface area contributed by atoms with Crippen molar-refractivity contribution in [1.29, 1.82) is 0 Å². The Labute approximate surface area is 309 Å². The van der Waals surface area contributed by atoms with Gasteiger partial charge in [0.2, 0.25) is 0 Å². The molecule has 254 valence electrons. The molecule has 0 atom stereocenters. The van der Waals surface area contributed by atoms with E-state index in [2.05, 4.69) is 66.9 Å². The van der Waals surface area contributed by atoms with Gasteiger partial charge in [0.25, 0.3) is 0 Å². The summed E-state index contributed by atoms with van der Waals surface area (Å²) in [6.07, 6.45) is 0. The Hall–Kier alpha value is -6.52. The van der Waals surface area contributed by atoms with E-state index in [9.17, 15) is 2.74 Å². The van der Waals surface area contributed by atoms with Crippen LogP contribution in [-0.2, 0) is 5.41 Å². The van der Waals surface area contributed by atoms with Gasteiger partial charge in [0.05, 0.1) is 25.1 Å². The van der Waals surface area contributed by atoms with E-state index in [0.717, 1.165) is 49.7 Å². The van der Waals surface area contributed by atoms with Crippen LogP contribution in [0.3, 0.4) is 0 Å². The highest BCUT2D eigenvalue weighted by molar-refractivity contribution is 6.24. The molecule has 1 aromatic heterocycles. The molecule has 1 aliphatic carbocycles. The van der Waals surface area contributed by atoms with Gasteiger partial charge < -0.3 is 9.47 Å². The fourth-order valence-electron chi connectivity index (χ4n) is 8.38. The topological polar surface area (TPSA) is 8.17 Å². The molecular formula is C49H34F2N2. The second-order valence-electron chi connectivity index (χ2n) is 14.3. The van der Waals surface area contributed by atoms with Crippen molar-refractivity contribution in [2.45, 2.75) is 19.3 Å². The number of anilines is 3. The third-order valence-corrected chi connectivity index (χ3v) is 10.9. The van der Waals surface area contributed by atoms with Crippen molar-refractivity contribution < 1.29 is 11.5 Å². The average molecular weight is 691 g/mol. The standard InChI is InChI=1S/C49H34F2N2/c1-49(2)39-28-31(19-20-32-27-34-23-22-33-11-10-18-45-47(33)48(34)46(29-32)52(45)35-12-4-3-5-13-35)21-25-37(39)38-26-24-36(30-40(38)49)53(43-16-8-6-14-41(43)50)44-17-9-7-15-42(44)51/h3-30H,1-2H3/b20-19+/i19D,20D. The number of fused-ring (bicyclic) bond motifs is 3. The third-order valence-electron chi connectivity index (χ3n) is 10.9. The Bertz CT molecular complexity index is 2970. The predicted octanol–water partition coefficient (Wildman–Crippen LogP) is 13.6. The van der Waals surface area contributed by atoms with Gasteiger partial charge in [-0.25, -0.2) is 8.78 Å². The van der Waals surface area contributed by atoms with E-state index in [-0.39, 0.29) is 23.5 Å². The van der Waals surface area contributed by atoms with Crippen LogP contribution in [0.1, 0.15) is 38.8 Å². The average Bonchev–Trinajstić information content (AvgIpc) is 3.67. The maximum absolute atomic E-state index is 15.4. The van der Waals surface area contributed by atoms with Crippen molar-refractivity contribution in [2.75, 3.05) is 4.90 Å². The van der Waals surface area contributed by atoms with Crippen LogP contribution in [0.25, 0.3) is 61.5 Å². The lowest BCUT2D eigenvalue weighted by Crippen LogP contribution is -2.17. The summed E-state index contributed by atoms with van der Waals surface area (Å²) in [6.45, 7) is 4.27. The minimum Gasteiger partial charge on any atom is -0.309 e. The van der Waals surface area contributed by atoms with E-state index in [0.29, 0.717) is 16.8 Å². The molecule has 1 aliphatic rings. The number of aromatic nitrogens is 1. The van der Waals surface area contributed by atoms with Gasteiger partial charge in [-0.3, -0.25) is 0 Å². The Morgan fingerprint density at radius 2 is 1.17 bits per heavy atom. The normalized spacial score (nSPS) is 14.3. The summed E-state index contributed by atoms with van der Waals surface area (Å²) >= 11 is 0. The van der Waals surface area contributed by atoms with Gasteiger partial charge >= 0.3 is 0 Å². The van der Waals surface area contributed by atoms with E-state index in [1.807, 2.05) is 60.7 Å². The molecule has 0 bridgehead atoms. The summed E-state index contributed by atoms with van der Waals surface area (Å²) in [7, 11) is 0. The molecule has 0 amide bonds. The maximum Gasteiger partial charge on any atom is 0.147 e. The highest BCUT2D eigenvalue weighted by Gasteiger charge is 2.36. The van der Waals surface area contributed by atoms with Gasteiger partial charge in [0.1, 0.15) is 11.6 Å². The zero-order chi connectivity index (χ0) is 37.6. The summed E-state index contributed by atoms with van der Waals surface area (Å²) in [5, 5.41) is 4.55. The number of hydrogen-bond donors (Lipinski definition) is 0. The molecule has 0 spiro atoms. The lowest BCUT2D eigenvalue weighted by molar-refractivity contribution is 0.619. The highest BCUT2D eigenvalue weighted by atomic mass is 19.1. The molecule has 0 saturated heterocycles. The van der Waals surface area contributed by atoms with Gasteiger partial charge in [0, 0.05) is 27.6 Å². The van der Waals surface area contributed by atoms with Crippen LogP contribution in [0.4, 0.5) is 25.8 Å². The monoisotopic (exact) mass is 690 g/mol. The van der Waals surface area contributed by atoms with Crippen LogP contribution < -0.4 is 4.90 Å². The fraction of sp³-hybridized carbons (Fsp3) is 0.0612. The fourth-order valence-corrected chi connectivity index (χ4v) is 8.38.